The van der Waals surface area contributed by atoms with E-state index in [2.05, 4.69) is 26.1 Å². The fourth-order valence-corrected chi connectivity index (χ4v) is 2.54. The maximum Gasteiger partial charge on any atom is 0.220 e. The molecule has 0 aromatic rings. The molecule has 0 aromatic heterocycles. The van der Waals surface area contributed by atoms with Gasteiger partial charge in [-0.1, -0.05) is 20.8 Å². The minimum Gasteiger partial charge on any atom is -0.381 e. The highest BCUT2D eigenvalue weighted by Crippen LogP contribution is 2.32. The summed E-state index contributed by atoms with van der Waals surface area (Å²) in [6.07, 6.45) is 6.08. The average molecular weight is 298 g/mol. The number of carbonyl (C=O) groups is 1. The van der Waals surface area contributed by atoms with Gasteiger partial charge in [-0.05, 0) is 55.9 Å². The smallest absolute Gasteiger partial charge is 0.220 e. The van der Waals surface area contributed by atoms with E-state index in [-0.39, 0.29) is 11.3 Å². The van der Waals surface area contributed by atoms with Gasteiger partial charge in [-0.15, -0.1) is 0 Å². The standard InChI is InChI=1S/C17H34N2O2/c1-17(2,3)15(9-10-18)7-8-16(20)19-11-4-12-21-13-14-5-6-14/h14-15H,4-13,18H2,1-3H3,(H,19,20). The van der Waals surface area contributed by atoms with Crippen molar-refractivity contribution in [2.24, 2.45) is 23.0 Å². The van der Waals surface area contributed by atoms with Crippen LogP contribution in [0.2, 0.25) is 0 Å². The van der Waals surface area contributed by atoms with E-state index in [0.717, 1.165) is 44.9 Å². The molecule has 0 bridgehead atoms. The maximum atomic E-state index is 11.8. The third kappa shape index (κ3) is 9.10. The summed E-state index contributed by atoms with van der Waals surface area (Å²) in [6.45, 7) is 9.75. The van der Waals surface area contributed by atoms with Gasteiger partial charge in [0.2, 0.25) is 5.91 Å². The Kier molecular flexibility index (Phi) is 8.27. The van der Waals surface area contributed by atoms with E-state index in [1.807, 2.05) is 0 Å². The topological polar surface area (TPSA) is 64.4 Å². The zero-order valence-corrected chi connectivity index (χ0v) is 14.1. The molecule has 1 rings (SSSR count). The summed E-state index contributed by atoms with van der Waals surface area (Å²) in [5, 5.41) is 2.99. The van der Waals surface area contributed by atoms with E-state index in [1.165, 1.54) is 12.8 Å². The van der Waals surface area contributed by atoms with Crippen molar-refractivity contribution in [3.05, 3.63) is 0 Å². The van der Waals surface area contributed by atoms with Crippen LogP contribution in [0, 0.1) is 17.3 Å². The van der Waals surface area contributed by atoms with Crippen LogP contribution in [0.5, 0.6) is 0 Å². The van der Waals surface area contributed by atoms with Crippen molar-refractivity contribution in [1.82, 2.24) is 5.32 Å². The molecule has 0 aliphatic heterocycles. The molecule has 4 heteroatoms. The summed E-state index contributed by atoms with van der Waals surface area (Å²) in [7, 11) is 0. The van der Waals surface area contributed by atoms with E-state index in [4.69, 9.17) is 10.5 Å². The lowest BCUT2D eigenvalue weighted by Crippen LogP contribution is -2.28. The summed E-state index contributed by atoms with van der Waals surface area (Å²) in [6, 6.07) is 0. The van der Waals surface area contributed by atoms with Gasteiger partial charge in [0, 0.05) is 26.2 Å². The second-order valence-electron chi connectivity index (χ2n) is 7.40. The number of hydrogen-bond acceptors (Lipinski definition) is 3. The first-order valence-electron chi connectivity index (χ1n) is 8.48. The Bertz CT molecular complexity index is 296. The third-order valence-corrected chi connectivity index (χ3v) is 4.30. The largest absolute Gasteiger partial charge is 0.381 e. The first-order chi connectivity index (χ1) is 9.93. The van der Waals surface area contributed by atoms with Crippen LogP contribution < -0.4 is 11.1 Å². The minimum atomic E-state index is 0.156. The lowest BCUT2D eigenvalue weighted by molar-refractivity contribution is -0.121. The Morgan fingerprint density at radius 2 is 2.05 bits per heavy atom. The first kappa shape index (κ1) is 18.4. The van der Waals surface area contributed by atoms with Crippen LogP contribution in [-0.2, 0) is 9.53 Å². The number of carbonyl (C=O) groups excluding carboxylic acids is 1. The summed E-state index contributed by atoms with van der Waals surface area (Å²) >= 11 is 0. The molecule has 1 atom stereocenters. The van der Waals surface area contributed by atoms with Crippen molar-refractivity contribution in [1.29, 1.82) is 0 Å². The monoisotopic (exact) mass is 298 g/mol. The molecule has 4 nitrogen and oxygen atoms in total. The van der Waals surface area contributed by atoms with Crippen molar-refractivity contribution >= 4 is 5.91 Å². The summed E-state index contributed by atoms with van der Waals surface area (Å²) in [5.41, 5.74) is 5.89. The molecule has 1 aliphatic rings. The molecule has 1 amide bonds. The highest BCUT2D eigenvalue weighted by Gasteiger charge is 2.24. The van der Waals surface area contributed by atoms with Crippen LogP contribution in [0.25, 0.3) is 0 Å². The van der Waals surface area contributed by atoms with Gasteiger partial charge in [0.15, 0.2) is 0 Å². The van der Waals surface area contributed by atoms with Crippen LogP contribution in [0.4, 0.5) is 0 Å². The van der Waals surface area contributed by atoms with Gasteiger partial charge in [0.05, 0.1) is 0 Å². The molecule has 124 valence electrons. The molecule has 1 saturated carbocycles. The molecule has 0 aromatic carbocycles. The number of nitrogens with two attached hydrogens (primary N) is 1. The van der Waals surface area contributed by atoms with Crippen LogP contribution in [0.15, 0.2) is 0 Å². The SMILES string of the molecule is CC(C)(C)C(CCN)CCC(=O)NCCCOCC1CC1. The molecule has 0 heterocycles. The normalized spacial score (nSPS) is 16.8. The van der Waals surface area contributed by atoms with E-state index in [9.17, 15) is 4.79 Å². The summed E-state index contributed by atoms with van der Waals surface area (Å²) in [5.74, 6) is 1.48. The van der Waals surface area contributed by atoms with E-state index >= 15 is 0 Å². The molecule has 0 saturated heterocycles. The van der Waals surface area contributed by atoms with E-state index in [0.29, 0.717) is 18.9 Å². The highest BCUT2D eigenvalue weighted by molar-refractivity contribution is 5.75. The fourth-order valence-electron chi connectivity index (χ4n) is 2.54. The quantitative estimate of drug-likeness (QED) is 0.576. The molecule has 1 unspecified atom stereocenters. The van der Waals surface area contributed by atoms with Crippen LogP contribution in [-0.4, -0.2) is 32.2 Å². The van der Waals surface area contributed by atoms with E-state index < -0.39 is 0 Å². The summed E-state index contributed by atoms with van der Waals surface area (Å²) < 4.78 is 5.55. The molecular weight excluding hydrogens is 264 g/mol. The van der Waals surface area contributed by atoms with Gasteiger partial charge in [-0.2, -0.15) is 0 Å². The Morgan fingerprint density at radius 1 is 1.33 bits per heavy atom. The second-order valence-corrected chi connectivity index (χ2v) is 7.40. The van der Waals surface area contributed by atoms with Crippen LogP contribution >= 0.6 is 0 Å². The van der Waals surface area contributed by atoms with E-state index in [1.54, 1.807) is 0 Å². The number of amides is 1. The third-order valence-electron chi connectivity index (χ3n) is 4.30. The van der Waals surface area contributed by atoms with Gasteiger partial charge in [-0.3, -0.25) is 4.79 Å². The van der Waals surface area contributed by atoms with Crippen molar-refractivity contribution in [3.63, 3.8) is 0 Å². The molecular formula is C17H34N2O2. The predicted molar refractivity (Wildman–Crippen MR) is 87.0 cm³/mol. The van der Waals surface area contributed by atoms with Gasteiger partial charge in [0.25, 0.3) is 0 Å². The Morgan fingerprint density at radius 3 is 2.62 bits per heavy atom. The predicted octanol–water partition coefficient (Wildman–Crippen LogP) is 2.71. The zero-order chi connectivity index (χ0) is 15.7. The molecule has 3 N–H and O–H groups in total. The number of rotatable bonds is 11. The first-order valence-corrected chi connectivity index (χ1v) is 8.48. The van der Waals surface area contributed by atoms with Gasteiger partial charge in [0.1, 0.15) is 0 Å². The van der Waals surface area contributed by atoms with Crippen LogP contribution in [0.1, 0.15) is 59.3 Å². The number of ether oxygens (including phenoxy) is 1. The van der Waals surface area contributed by atoms with Gasteiger partial charge in [-0.25, -0.2) is 0 Å². The summed E-state index contributed by atoms with van der Waals surface area (Å²) in [4.78, 5) is 11.8. The van der Waals surface area contributed by atoms with Crippen molar-refractivity contribution in [3.8, 4) is 0 Å². The van der Waals surface area contributed by atoms with Gasteiger partial charge < -0.3 is 15.8 Å². The van der Waals surface area contributed by atoms with Crippen molar-refractivity contribution in [2.45, 2.75) is 59.3 Å². The minimum absolute atomic E-state index is 0.156. The highest BCUT2D eigenvalue weighted by atomic mass is 16.5. The van der Waals surface area contributed by atoms with Gasteiger partial charge >= 0.3 is 0 Å². The molecule has 21 heavy (non-hydrogen) atoms. The molecule has 0 spiro atoms. The Labute approximate surface area is 130 Å². The molecule has 0 radical (unpaired) electrons. The Balaban J connectivity index is 2.03. The molecule has 1 fully saturated rings. The van der Waals surface area contributed by atoms with Crippen molar-refractivity contribution in [2.75, 3.05) is 26.3 Å². The molecule has 1 aliphatic carbocycles. The lowest BCUT2D eigenvalue weighted by atomic mass is 9.76. The Hall–Kier alpha value is -0.610. The fraction of sp³-hybridized carbons (Fsp3) is 0.941. The number of nitrogens with one attached hydrogen (secondary N) is 1. The lowest BCUT2D eigenvalue weighted by Gasteiger charge is -2.30. The average Bonchev–Trinajstić information content (AvgIpc) is 3.21. The zero-order valence-electron chi connectivity index (χ0n) is 14.1. The van der Waals surface area contributed by atoms with Crippen LogP contribution in [0.3, 0.4) is 0 Å². The number of hydrogen-bond donors (Lipinski definition) is 2. The maximum absolute atomic E-state index is 11.8. The van der Waals surface area contributed by atoms with Crippen molar-refractivity contribution < 1.29 is 9.53 Å². The second kappa shape index (κ2) is 9.42.